The van der Waals surface area contributed by atoms with E-state index in [1.807, 2.05) is 12.1 Å². The molecule has 0 aromatic heterocycles. The van der Waals surface area contributed by atoms with Crippen LogP contribution in [0.2, 0.25) is 0 Å². The van der Waals surface area contributed by atoms with Crippen LogP contribution in [0, 0.1) is 13.8 Å². The first-order chi connectivity index (χ1) is 16.6. The molecule has 0 saturated carbocycles. The summed E-state index contributed by atoms with van der Waals surface area (Å²) in [6.45, 7) is 4.23. The molecule has 0 unspecified atom stereocenters. The minimum Gasteiger partial charge on any atom is -0.311 e. The molecular formula is C32H26BN. The summed E-state index contributed by atoms with van der Waals surface area (Å²) in [4.78, 5) is 2.26. The van der Waals surface area contributed by atoms with Crippen LogP contribution in [0.15, 0.2) is 121 Å². The predicted molar refractivity (Wildman–Crippen MR) is 147 cm³/mol. The summed E-state index contributed by atoms with van der Waals surface area (Å²) in [5.41, 5.74) is 11.4. The average molecular weight is 435 g/mol. The minimum absolute atomic E-state index is 0.758. The van der Waals surface area contributed by atoms with Crippen molar-refractivity contribution < 1.29 is 0 Å². The molecule has 0 bridgehead atoms. The average Bonchev–Trinajstić information content (AvgIpc) is 2.87. The van der Waals surface area contributed by atoms with Crippen molar-refractivity contribution in [3.05, 3.63) is 132 Å². The Bertz CT molecular complexity index is 1280. The number of anilines is 3. The fourth-order valence-electron chi connectivity index (χ4n) is 4.17. The molecule has 162 valence electrons. The Kier molecular flexibility index (Phi) is 6.06. The van der Waals surface area contributed by atoms with Crippen LogP contribution in [0.4, 0.5) is 17.1 Å². The standard InChI is InChI=1S/C32H26BN/c1-23-3-7-25(8-4-23)27-11-17-30(18-12-27)34(32-21-15-29(33)16-22-32)31-19-13-28(14-20-31)26-9-5-24(2)6-10-26/h3-22H,1-2H3. The highest BCUT2D eigenvalue weighted by Crippen LogP contribution is 2.36. The summed E-state index contributed by atoms with van der Waals surface area (Å²) < 4.78 is 0. The molecule has 34 heavy (non-hydrogen) atoms. The zero-order valence-electron chi connectivity index (χ0n) is 19.6. The van der Waals surface area contributed by atoms with E-state index in [0.717, 1.165) is 22.5 Å². The second kappa shape index (κ2) is 9.45. The van der Waals surface area contributed by atoms with E-state index in [9.17, 15) is 0 Å². The number of hydrogen-bond donors (Lipinski definition) is 0. The van der Waals surface area contributed by atoms with Crippen LogP contribution in [-0.4, -0.2) is 7.85 Å². The lowest BCUT2D eigenvalue weighted by Gasteiger charge is -2.26. The maximum Gasteiger partial charge on any atom is 0.113 e. The van der Waals surface area contributed by atoms with Crippen molar-refractivity contribution in [1.82, 2.24) is 0 Å². The Hall–Kier alpha value is -4.04. The monoisotopic (exact) mass is 435 g/mol. The van der Waals surface area contributed by atoms with Crippen molar-refractivity contribution in [2.24, 2.45) is 0 Å². The van der Waals surface area contributed by atoms with Gasteiger partial charge in [0.15, 0.2) is 0 Å². The quantitative estimate of drug-likeness (QED) is 0.254. The predicted octanol–water partition coefficient (Wildman–Crippen LogP) is 7.90. The van der Waals surface area contributed by atoms with E-state index >= 15 is 0 Å². The largest absolute Gasteiger partial charge is 0.311 e. The Labute approximate surface area is 203 Å². The van der Waals surface area contributed by atoms with E-state index in [-0.39, 0.29) is 0 Å². The Morgan fingerprint density at radius 3 is 0.971 bits per heavy atom. The zero-order valence-corrected chi connectivity index (χ0v) is 19.6. The van der Waals surface area contributed by atoms with Gasteiger partial charge in [0.2, 0.25) is 0 Å². The van der Waals surface area contributed by atoms with Gasteiger partial charge in [-0.05, 0) is 72.5 Å². The number of nitrogens with zero attached hydrogens (tertiary/aromatic N) is 1. The van der Waals surface area contributed by atoms with Crippen LogP contribution in [0.25, 0.3) is 22.3 Å². The molecule has 0 amide bonds. The highest BCUT2D eigenvalue weighted by atomic mass is 15.1. The van der Waals surface area contributed by atoms with Crippen molar-refractivity contribution in [3.8, 4) is 22.3 Å². The van der Waals surface area contributed by atoms with E-state index in [2.05, 4.69) is 128 Å². The molecule has 5 aromatic carbocycles. The molecule has 5 rings (SSSR count). The zero-order chi connectivity index (χ0) is 23.5. The number of benzene rings is 5. The number of rotatable bonds is 5. The van der Waals surface area contributed by atoms with Gasteiger partial charge in [0, 0.05) is 17.1 Å². The van der Waals surface area contributed by atoms with Gasteiger partial charge in [-0.2, -0.15) is 0 Å². The maximum atomic E-state index is 5.98. The first-order valence-corrected chi connectivity index (χ1v) is 11.6. The van der Waals surface area contributed by atoms with E-state index in [4.69, 9.17) is 7.85 Å². The van der Waals surface area contributed by atoms with Crippen molar-refractivity contribution in [2.75, 3.05) is 4.90 Å². The first kappa shape index (κ1) is 21.8. The summed E-state index contributed by atoms with van der Waals surface area (Å²) >= 11 is 0. The van der Waals surface area contributed by atoms with Gasteiger partial charge in [0.25, 0.3) is 0 Å². The van der Waals surface area contributed by atoms with Gasteiger partial charge in [-0.15, -0.1) is 0 Å². The summed E-state index contributed by atoms with van der Waals surface area (Å²) in [6, 6.07) is 42.8. The summed E-state index contributed by atoms with van der Waals surface area (Å²) in [5, 5.41) is 0. The second-order valence-corrected chi connectivity index (χ2v) is 8.75. The third-order valence-corrected chi connectivity index (χ3v) is 6.17. The van der Waals surface area contributed by atoms with Gasteiger partial charge >= 0.3 is 0 Å². The van der Waals surface area contributed by atoms with Crippen molar-refractivity contribution in [2.45, 2.75) is 13.8 Å². The van der Waals surface area contributed by atoms with Crippen LogP contribution in [0.3, 0.4) is 0 Å². The van der Waals surface area contributed by atoms with E-state index in [0.29, 0.717) is 0 Å². The van der Waals surface area contributed by atoms with Crippen LogP contribution in [0.5, 0.6) is 0 Å². The third-order valence-electron chi connectivity index (χ3n) is 6.17. The fraction of sp³-hybridized carbons (Fsp3) is 0.0625. The van der Waals surface area contributed by atoms with Gasteiger partial charge in [-0.1, -0.05) is 102 Å². The van der Waals surface area contributed by atoms with Crippen LogP contribution in [-0.2, 0) is 0 Å². The molecule has 0 aliphatic heterocycles. The topological polar surface area (TPSA) is 3.24 Å². The smallest absolute Gasteiger partial charge is 0.113 e. The molecule has 0 N–H and O–H groups in total. The lowest BCUT2D eigenvalue weighted by atomic mass is 9.96. The molecule has 0 saturated heterocycles. The molecule has 0 fully saturated rings. The van der Waals surface area contributed by atoms with Gasteiger partial charge in [-0.3, -0.25) is 0 Å². The molecule has 0 heterocycles. The summed E-state index contributed by atoms with van der Waals surface area (Å²) in [7, 11) is 5.98. The van der Waals surface area contributed by atoms with Gasteiger partial charge < -0.3 is 4.90 Å². The third kappa shape index (κ3) is 4.67. The Morgan fingerprint density at radius 2 is 0.647 bits per heavy atom. The van der Waals surface area contributed by atoms with Gasteiger partial charge in [0.1, 0.15) is 7.85 Å². The second-order valence-electron chi connectivity index (χ2n) is 8.75. The molecule has 0 aliphatic rings. The van der Waals surface area contributed by atoms with E-state index in [1.54, 1.807) is 0 Å². The summed E-state index contributed by atoms with van der Waals surface area (Å²) in [5.74, 6) is 0. The van der Waals surface area contributed by atoms with Crippen molar-refractivity contribution in [1.29, 1.82) is 0 Å². The van der Waals surface area contributed by atoms with Crippen molar-refractivity contribution in [3.63, 3.8) is 0 Å². The lowest BCUT2D eigenvalue weighted by Crippen LogP contribution is -2.11. The molecule has 0 aliphatic carbocycles. The van der Waals surface area contributed by atoms with Crippen LogP contribution >= 0.6 is 0 Å². The molecule has 0 atom stereocenters. The highest BCUT2D eigenvalue weighted by molar-refractivity contribution is 6.32. The molecular weight excluding hydrogens is 409 g/mol. The SMILES string of the molecule is [B]c1ccc(N(c2ccc(-c3ccc(C)cc3)cc2)c2ccc(-c3ccc(C)cc3)cc2)cc1. The Morgan fingerprint density at radius 1 is 0.382 bits per heavy atom. The minimum atomic E-state index is 0.758. The van der Waals surface area contributed by atoms with E-state index < -0.39 is 0 Å². The van der Waals surface area contributed by atoms with Crippen LogP contribution < -0.4 is 10.4 Å². The fourth-order valence-corrected chi connectivity index (χ4v) is 4.17. The molecule has 1 nitrogen and oxygen atoms in total. The normalized spacial score (nSPS) is 10.8. The van der Waals surface area contributed by atoms with Gasteiger partial charge in [-0.25, -0.2) is 0 Å². The Balaban J connectivity index is 1.51. The molecule has 5 aromatic rings. The first-order valence-electron chi connectivity index (χ1n) is 11.6. The number of aryl methyl sites for hydroxylation is 2. The lowest BCUT2D eigenvalue weighted by molar-refractivity contribution is 1.28. The van der Waals surface area contributed by atoms with Crippen molar-refractivity contribution >= 4 is 30.4 Å². The number of hydrogen-bond acceptors (Lipinski definition) is 1. The summed E-state index contributed by atoms with van der Waals surface area (Å²) in [6.07, 6.45) is 0. The molecule has 2 heteroatoms. The van der Waals surface area contributed by atoms with Crippen LogP contribution in [0.1, 0.15) is 11.1 Å². The maximum absolute atomic E-state index is 5.98. The molecule has 2 radical (unpaired) electrons. The van der Waals surface area contributed by atoms with Gasteiger partial charge in [0.05, 0.1) is 0 Å². The molecule has 0 spiro atoms. The highest BCUT2D eigenvalue weighted by Gasteiger charge is 2.13. The van der Waals surface area contributed by atoms with E-state index in [1.165, 1.54) is 33.4 Å².